The summed E-state index contributed by atoms with van der Waals surface area (Å²) in [6.45, 7) is 3.46. The molecular formula is C17H18NO6-. The van der Waals surface area contributed by atoms with Gasteiger partial charge in [0.15, 0.2) is 0 Å². The average molecular weight is 332 g/mol. The number of nitrogens with one attached hydrogen (secondary N) is 1. The van der Waals surface area contributed by atoms with E-state index in [-0.39, 0.29) is 29.7 Å². The summed E-state index contributed by atoms with van der Waals surface area (Å²) >= 11 is 0. The average Bonchev–Trinajstić information content (AvgIpc) is 2.50. The normalized spacial score (nSPS) is 12.1. The molecule has 0 fully saturated rings. The number of phenolic OH excluding ortho intramolecular Hbond substituents is 1. The van der Waals surface area contributed by atoms with Gasteiger partial charge in [-0.3, -0.25) is 4.79 Å². The fourth-order valence-corrected chi connectivity index (χ4v) is 2.53. The second-order valence-electron chi connectivity index (χ2n) is 5.58. The highest BCUT2D eigenvalue weighted by atomic mass is 16.4. The molecule has 0 aliphatic carbocycles. The molecule has 0 spiro atoms. The van der Waals surface area contributed by atoms with Gasteiger partial charge in [0.05, 0.1) is 24.0 Å². The molecule has 0 aliphatic heterocycles. The standard InChI is InChI=1S/C17H19NO6/c1-3-4-13(16(21)22)18-15(20)8-12-9(2)11-6-5-10(19)7-14(11)24-17(12)23/h5-7,13,19H,3-4,8H2,1-2H3,(H,18,20)(H,21,22)/p-1/t13-/m0/s1. The third kappa shape index (κ3) is 3.73. The van der Waals surface area contributed by atoms with Crippen molar-refractivity contribution in [1.29, 1.82) is 0 Å². The summed E-state index contributed by atoms with van der Waals surface area (Å²) in [6.07, 6.45) is 0.525. The smallest absolute Gasteiger partial charge is 0.340 e. The molecule has 1 atom stereocenters. The van der Waals surface area contributed by atoms with Gasteiger partial charge in [-0.1, -0.05) is 13.3 Å². The Bertz CT molecular complexity index is 839. The van der Waals surface area contributed by atoms with E-state index in [1.165, 1.54) is 12.1 Å². The van der Waals surface area contributed by atoms with E-state index >= 15 is 0 Å². The third-order valence-corrected chi connectivity index (χ3v) is 3.81. The molecule has 7 heteroatoms. The maximum Gasteiger partial charge on any atom is 0.340 e. The van der Waals surface area contributed by atoms with Gasteiger partial charge < -0.3 is 24.7 Å². The van der Waals surface area contributed by atoms with Gasteiger partial charge in [-0.2, -0.15) is 0 Å². The van der Waals surface area contributed by atoms with Crippen molar-refractivity contribution in [3.05, 3.63) is 39.7 Å². The van der Waals surface area contributed by atoms with Crippen LogP contribution in [0.2, 0.25) is 0 Å². The van der Waals surface area contributed by atoms with Gasteiger partial charge in [0, 0.05) is 11.5 Å². The lowest BCUT2D eigenvalue weighted by atomic mass is 10.0. The zero-order valence-electron chi connectivity index (χ0n) is 13.4. The van der Waals surface area contributed by atoms with Gasteiger partial charge in [-0.25, -0.2) is 4.79 Å². The van der Waals surface area contributed by atoms with E-state index in [4.69, 9.17) is 4.42 Å². The first-order valence-electron chi connectivity index (χ1n) is 7.59. The fourth-order valence-electron chi connectivity index (χ4n) is 2.53. The summed E-state index contributed by atoms with van der Waals surface area (Å²) in [4.78, 5) is 35.2. The maximum absolute atomic E-state index is 12.1. The molecule has 0 radical (unpaired) electrons. The SMILES string of the molecule is CCC[C@H](NC(=O)Cc1c(C)c2ccc(O)cc2oc1=O)C(=O)[O-]. The molecule has 1 amide bonds. The van der Waals surface area contributed by atoms with E-state index in [9.17, 15) is 24.6 Å². The topological polar surface area (TPSA) is 120 Å². The monoisotopic (exact) mass is 332 g/mol. The zero-order valence-corrected chi connectivity index (χ0v) is 13.4. The Morgan fingerprint density at radius 3 is 2.71 bits per heavy atom. The van der Waals surface area contributed by atoms with Gasteiger partial charge in [0.25, 0.3) is 0 Å². The lowest BCUT2D eigenvalue weighted by Crippen LogP contribution is -2.48. The van der Waals surface area contributed by atoms with Crippen molar-refractivity contribution in [3.63, 3.8) is 0 Å². The van der Waals surface area contributed by atoms with Gasteiger partial charge in [-0.15, -0.1) is 0 Å². The lowest BCUT2D eigenvalue weighted by Gasteiger charge is -2.19. The van der Waals surface area contributed by atoms with Crippen LogP contribution in [0.15, 0.2) is 27.4 Å². The predicted octanol–water partition coefficient (Wildman–Crippen LogP) is 0.384. The number of aryl methyl sites for hydroxylation is 1. The van der Waals surface area contributed by atoms with Crippen LogP contribution in [0.1, 0.15) is 30.9 Å². The van der Waals surface area contributed by atoms with Gasteiger partial charge >= 0.3 is 5.63 Å². The predicted molar refractivity (Wildman–Crippen MR) is 84.4 cm³/mol. The molecule has 0 saturated heterocycles. The molecule has 2 aromatic rings. The number of carbonyl (C=O) groups excluding carboxylic acids is 2. The van der Waals surface area contributed by atoms with Crippen LogP contribution in [-0.2, 0) is 16.0 Å². The first-order valence-corrected chi connectivity index (χ1v) is 7.59. The molecule has 0 saturated carbocycles. The molecule has 0 aliphatic rings. The summed E-state index contributed by atoms with van der Waals surface area (Å²) in [7, 11) is 0. The Morgan fingerprint density at radius 2 is 2.08 bits per heavy atom. The van der Waals surface area contributed by atoms with E-state index < -0.39 is 23.5 Å². The first-order chi connectivity index (χ1) is 11.3. The summed E-state index contributed by atoms with van der Waals surface area (Å²) in [6, 6.07) is 3.27. The molecular weight excluding hydrogens is 314 g/mol. The van der Waals surface area contributed by atoms with Crippen molar-refractivity contribution >= 4 is 22.8 Å². The molecule has 0 bridgehead atoms. The van der Waals surface area contributed by atoms with E-state index in [1.807, 2.05) is 0 Å². The molecule has 128 valence electrons. The van der Waals surface area contributed by atoms with Crippen LogP contribution in [0.25, 0.3) is 11.0 Å². The number of phenols is 1. The Labute approximate surface area is 137 Å². The highest BCUT2D eigenvalue weighted by Crippen LogP contribution is 2.23. The molecule has 2 N–H and O–H groups in total. The first kappa shape index (κ1) is 17.5. The number of carboxylic acids is 1. The van der Waals surface area contributed by atoms with Crippen LogP contribution < -0.4 is 16.0 Å². The van der Waals surface area contributed by atoms with Crippen LogP contribution in [0.4, 0.5) is 0 Å². The van der Waals surface area contributed by atoms with Gasteiger partial charge in [0.2, 0.25) is 5.91 Å². The third-order valence-electron chi connectivity index (χ3n) is 3.81. The highest BCUT2D eigenvalue weighted by molar-refractivity contribution is 5.87. The second-order valence-corrected chi connectivity index (χ2v) is 5.58. The summed E-state index contributed by atoms with van der Waals surface area (Å²) in [5, 5.41) is 23.4. The number of hydrogen-bond donors (Lipinski definition) is 2. The van der Waals surface area contributed by atoms with Crippen molar-refractivity contribution in [2.45, 2.75) is 39.2 Å². The Hall–Kier alpha value is -2.83. The van der Waals surface area contributed by atoms with Crippen molar-refractivity contribution in [2.24, 2.45) is 0 Å². The number of rotatable bonds is 6. The zero-order chi connectivity index (χ0) is 17.9. The van der Waals surface area contributed by atoms with Crippen molar-refractivity contribution in [2.75, 3.05) is 0 Å². The molecule has 2 rings (SSSR count). The molecule has 24 heavy (non-hydrogen) atoms. The Balaban J connectivity index is 2.29. The van der Waals surface area contributed by atoms with Crippen LogP contribution in [0.5, 0.6) is 5.75 Å². The van der Waals surface area contributed by atoms with E-state index in [2.05, 4.69) is 5.32 Å². The lowest BCUT2D eigenvalue weighted by molar-refractivity contribution is -0.308. The van der Waals surface area contributed by atoms with Gasteiger partial charge in [0.1, 0.15) is 11.3 Å². The van der Waals surface area contributed by atoms with E-state index in [0.29, 0.717) is 17.4 Å². The van der Waals surface area contributed by atoms with E-state index in [1.54, 1.807) is 19.9 Å². The number of amides is 1. The summed E-state index contributed by atoms with van der Waals surface area (Å²) < 4.78 is 5.13. The van der Waals surface area contributed by atoms with Crippen LogP contribution >= 0.6 is 0 Å². The number of aliphatic carboxylic acids is 1. The Kier molecular flexibility index (Phi) is 5.23. The fraction of sp³-hybridized carbons (Fsp3) is 0.353. The number of carbonyl (C=O) groups is 2. The van der Waals surface area contributed by atoms with Crippen molar-refractivity contribution < 1.29 is 24.2 Å². The quantitative estimate of drug-likeness (QED) is 0.738. The number of benzene rings is 1. The Morgan fingerprint density at radius 1 is 1.38 bits per heavy atom. The molecule has 1 heterocycles. The summed E-state index contributed by atoms with van der Waals surface area (Å²) in [5.74, 6) is -1.99. The minimum atomic E-state index is -1.36. The van der Waals surface area contributed by atoms with Crippen LogP contribution in [0, 0.1) is 6.92 Å². The number of fused-ring (bicyclic) bond motifs is 1. The van der Waals surface area contributed by atoms with Crippen LogP contribution in [0.3, 0.4) is 0 Å². The number of aromatic hydroxyl groups is 1. The number of carboxylic acid groups (broad SMARTS) is 1. The van der Waals surface area contributed by atoms with Crippen molar-refractivity contribution in [1.82, 2.24) is 5.32 Å². The second kappa shape index (κ2) is 7.16. The molecule has 0 unspecified atom stereocenters. The van der Waals surface area contributed by atoms with Crippen molar-refractivity contribution in [3.8, 4) is 5.75 Å². The maximum atomic E-state index is 12.1. The minimum Gasteiger partial charge on any atom is -0.548 e. The molecule has 1 aromatic heterocycles. The van der Waals surface area contributed by atoms with E-state index in [0.717, 1.165) is 0 Å². The van der Waals surface area contributed by atoms with Gasteiger partial charge in [-0.05, 0) is 31.0 Å². The molecule has 1 aromatic carbocycles. The number of hydrogen-bond acceptors (Lipinski definition) is 6. The largest absolute Gasteiger partial charge is 0.548 e. The molecule has 7 nitrogen and oxygen atoms in total. The van der Waals surface area contributed by atoms with Crippen LogP contribution in [-0.4, -0.2) is 23.0 Å². The highest BCUT2D eigenvalue weighted by Gasteiger charge is 2.18. The minimum absolute atomic E-state index is 0.0353. The summed E-state index contributed by atoms with van der Waals surface area (Å²) in [5.41, 5.74) is 0.234.